The van der Waals surface area contributed by atoms with E-state index in [4.69, 9.17) is 4.74 Å². The maximum Gasteiger partial charge on any atom is 0.255 e. The van der Waals surface area contributed by atoms with E-state index in [1.165, 1.54) is 5.69 Å². The van der Waals surface area contributed by atoms with Crippen molar-refractivity contribution >= 4 is 11.6 Å². The number of hydrogen-bond acceptors (Lipinski definition) is 4. The van der Waals surface area contributed by atoms with Gasteiger partial charge in [-0.1, -0.05) is 6.07 Å². The summed E-state index contributed by atoms with van der Waals surface area (Å²) in [5.74, 6) is 1.30. The molecule has 3 rings (SSSR count). The molecule has 0 saturated carbocycles. The van der Waals surface area contributed by atoms with Crippen molar-refractivity contribution in [3.8, 4) is 5.75 Å². The number of amides is 1. The van der Waals surface area contributed by atoms with Crippen molar-refractivity contribution in [1.29, 1.82) is 0 Å². The highest BCUT2D eigenvalue weighted by molar-refractivity contribution is 5.96. The number of aryl methyl sites for hydroxylation is 2. The lowest BCUT2D eigenvalue weighted by Gasteiger charge is -2.19. The molecular weight excluding hydrogens is 316 g/mol. The van der Waals surface area contributed by atoms with Gasteiger partial charge in [-0.05, 0) is 38.3 Å². The van der Waals surface area contributed by atoms with Crippen molar-refractivity contribution in [2.24, 2.45) is 13.0 Å². The van der Waals surface area contributed by atoms with E-state index < -0.39 is 0 Å². The van der Waals surface area contributed by atoms with Gasteiger partial charge in [0.15, 0.2) is 0 Å². The van der Waals surface area contributed by atoms with E-state index in [1.807, 2.05) is 33.0 Å². The van der Waals surface area contributed by atoms with Gasteiger partial charge in [-0.15, -0.1) is 0 Å². The molecule has 1 aromatic carbocycles. The highest BCUT2D eigenvalue weighted by atomic mass is 16.5. The van der Waals surface area contributed by atoms with Gasteiger partial charge in [-0.3, -0.25) is 9.48 Å². The van der Waals surface area contributed by atoms with Crippen LogP contribution in [0.2, 0.25) is 0 Å². The zero-order chi connectivity index (χ0) is 18.0. The molecule has 1 aliphatic heterocycles. The van der Waals surface area contributed by atoms with Gasteiger partial charge in [-0.25, -0.2) is 0 Å². The lowest BCUT2D eigenvalue weighted by molar-refractivity contribution is 0.0947. The second-order valence-electron chi connectivity index (χ2n) is 6.68. The summed E-state index contributed by atoms with van der Waals surface area (Å²) < 4.78 is 7.06. The van der Waals surface area contributed by atoms with Crippen LogP contribution in [0.25, 0.3) is 0 Å². The van der Waals surface area contributed by atoms with Gasteiger partial charge in [0.2, 0.25) is 0 Å². The number of aromatic nitrogens is 2. The summed E-state index contributed by atoms with van der Waals surface area (Å²) in [6.07, 6.45) is 1.07. The fourth-order valence-electron chi connectivity index (χ4n) is 3.47. The Morgan fingerprint density at radius 1 is 1.40 bits per heavy atom. The lowest BCUT2D eigenvalue weighted by Crippen LogP contribution is -2.31. The molecule has 1 fully saturated rings. The van der Waals surface area contributed by atoms with E-state index in [2.05, 4.69) is 27.4 Å². The van der Waals surface area contributed by atoms with Crippen LogP contribution in [0.5, 0.6) is 5.75 Å². The summed E-state index contributed by atoms with van der Waals surface area (Å²) in [5, 5.41) is 7.40. The minimum absolute atomic E-state index is 0.0251. The quantitative estimate of drug-likeness (QED) is 0.906. The molecule has 1 saturated heterocycles. The zero-order valence-electron chi connectivity index (χ0n) is 15.4. The number of anilines is 1. The number of hydrogen-bond donors (Lipinski definition) is 1. The van der Waals surface area contributed by atoms with Gasteiger partial charge in [-0.2, -0.15) is 5.10 Å². The highest BCUT2D eigenvalue weighted by Crippen LogP contribution is 2.26. The number of carbonyl (C=O) groups is 1. The molecule has 0 aliphatic carbocycles. The molecule has 0 radical (unpaired) electrons. The van der Waals surface area contributed by atoms with Crippen LogP contribution < -0.4 is 15.0 Å². The van der Waals surface area contributed by atoms with E-state index >= 15 is 0 Å². The minimum Gasteiger partial charge on any atom is -0.497 e. The van der Waals surface area contributed by atoms with Crippen molar-refractivity contribution in [2.45, 2.75) is 20.3 Å². The molecule has 1 aliphatic rings. The smallest absolute Gasteiger partial charge is 0.255 e. The molecule has 2 aromatic rings. The second-order valence-corrected chi connectivity index (χ2v) is 6.68. The number of rotatable bonds is 5. The topological polar surface area (TPSA) is 59.4 Å². The minimum atomic E-state index is -0.0251. The van der Waals surface area contributed by atoms with Gasteiger partial charge in [0, 0.05) is 44.1 Å². The first-order valence-corrected chi connectivity index (χ1v) is 8.67. The number of nitrogens with zero attached hydrogens (tertiary/aromatic N) is 3. The third-order valence-corrected chi connectivity index (χ3v) is 4.99. The maximum absolute atomic E-state index is 12.5. The third-order valence-electron chi connectivity index (χ3n) is 4.99. The number of methoxy groups -OCH3 is 1. The summed E-state index contributed by atoms with van der Waals surface area (Å²) in [6, 6.07) is 8.13. The van der Waals surface area contributed by atoms with Gasteiger partial charge >= 0.3 is 0 Å². The molecule has 134 valence electrons. The van der Waals surface area contributed by atoms with Crippen LogP contribution in [-0.4, -0.2) is 42.4 Å². The monoisotopic (exact) mass is 342 g/mol. The van der Waals surface area contributed by atoms with Crippen LogP contribution in [0, 0.1) is 19.8 Å². The van der Waals surface area contributed by atoms with Crippen molar-refractivity contribution < 1.29 is 9.53 Å². The molecule has 2 heterocycles. The third kappa shape index (κ3) is 3.62. The predicted octanol–water partition coefficient (Wildman–Crippen LogP) is 2.30. The van der Waals surface area contributed by atoms with E-state index in [0.29, 0.717) is 18.0 Å². The van der Waals surface area contributed by atoms with Crippen molar-refractivity contribution in [2.75, 3.05) is 31.6 Å². The van der Waals surface area contributed by atoms with Gasteiger partial charge in [0.1, 0.15) is 5.75 Å². The molecule has 6 nitrogen and oxygen atoms in total. The van der Waals surface area contributed by atoms with Crippen LogP contribution in [-0.2, 0) is 7.05 Å². The Morgan fingerprint density at radius 2 is 2.20 bits per heavy atom. The van der Waals surface area contributed by atoms with Gasteiger partial charge in [0.25, 0.3) is 5.91 Å². The predicted molar refractivity (Wildman–Crippen MR) is 98.3 cm³/mol. The lowest BCUT2D eigenvalue weighted by atomic mass is 10.1. The first kappa shape index (κ1) is 17.3. The maximum atomic E-state index is 12.5. The largest absolute Gasteiger partial charge is 0.497 e. The van der Waals surface area contributed by atoms with Crippen LogP contribution in [0.15, 0.2) is 24.3 Å². The molecule has 1 amide bonds. The Bertz CT molecular complexity index is 769. The van der Waals surface area contributed by atoms with Crippen LogP contribution in [0.1, 0.15) is 28.2 Å². The molecular formula is C19H26N4O2. The van der Waals surface area contributed by atoms with Crippen LogP contribution in [0.3, 0.4) is 0 Å². The molecule has 6 heteroatoms. The second kappa shape index (κ2) is 7.17. The normalized spacial score (nSPS) is 17.0. The summed E-state index contributed by atoms with van der Waals surface area (Å²) in [6.45, 7) is 6.43. The number of carbonyl (C=O) groups excluding carboxylic acids is 1. The van der Waals surface area contributed by atoms with E-state index in [1.54, 1.807) is 11.8 Å². The average Bonchev–Trinajstić information content (AvgIpc) is 3.18. The van der Waals surface area contributed by atoms with Gasteiger partial charge < -0.3 is 15.0 Å². The Hall–Kier alpha value is -2.50. The Morgan fingerprint density at radius 3 is 2.88 bits per heavy atom. The SMILES string of the molecule is COc1cccc(N2CC[C@H](CNC(=O)c3c(C)nn(C)c3C)C2)c1. The number of ether oxygens (including phenoxy) is 1. The van der Waals surface area contributed by atoms with Crippen LogP contribution >= 0.6 is 0 Å². The fourth-order valence-corrected chi connectivity index (χ4v) is 3.47. The van der Waals surface area contributed by atoms with E-state index in [-0.39, 0.29) is 5.91 Å². The number of benzene rings is 1. The molecule has 1 atom stereocenters. The Balaban J connectivity index is 1.57. The summed E-state index contributed by atoms with van der Waals surface area (Å²) in [5.41, 5.74) is 3.55. The zero-order valence-corrected chi connectivity index (χ0v) is 15.4. The van der Waals surface area contributed by atoms with E-state index in [0.717, 1.165) is 36.6 Å². The summed E-state index contributed by atoms with van der Waals surface area (Å²) in [4.78, 5) is 14.8. The summed E-state index contributed by atoms with van der Waals surface area (Å²) >= 11 is 0. The molecule has 1 aromatic heterocycles. The standard InChI is InChI=1S/C19H26N4O2/c1-13-18(14(2)22(3)21-13)19(24)20-11-15-8-9-23(12-15)16-6-5-7-17(10-16)25-4/h5-7,10,15H,8-9,11-12H2,1-4H3,(H,20,24)/t15-/m1/s1. The number of nitrogens with one attached hydrogen (secondary N) is 1. The molecule has 25 heavy (non-hydrogen) atoms. The van der Waals surface area contributed by atoms with Crippen molar-refractivity contribution in [3.63, 3.8) is 0 Å². The molecule has 1 N–H and O–H groups in total. The molecule has 0 bridgehead atoms. The van der Waals surface area contributed by atoms with Crippen molar-refractivity contribution in [1.82, 2.24) is 15.1 Å². The fraction of sp³-hybridized carbons (Fsp3) is 0.474. The first-order valence-electron chi connectivity index (χ1n) is 8.67. The average molecular weight is 342 g/mol. The van der Waals surface area contributed by atoms with E-state index in [9.17, 15) is 4.79 Å². The summed E-state index contributed by atoms with van der Waals surface area (Å²) in [7, 11) is 3.55. The Labute approximate surface area is 148 Å². The highest BCUT2D eigenvalue weighted by Gasteiger charge is 2.24. The van der Waals surface area contributed by atoms with Crippen molar-refractivity contribution in [3.05, 3.63) is 41.2 Å². The van der Waals surface area contributed by atoms with Gasteiger partial charge in [0.05, 0.1) is 18.4 Å². The molecule has 0 spiro atoms. The Kier molecular flexibility index (Phi) is 4.97. The van der Waals surface area contributed by atoms with Crippen LogP contribution in [0.4, 0.5) is 5.69 Å². The molecule has 0 unspecified atom stereocenters. The first-order chi connectivity index (χ1) is 12.0.